The second-order valence-electron chi connectivity index (χ2n) is 4.31. The molecule has 0 atom stereocenters. The number of halogens is 1. The molecule has 0 aromatic heterocycles. The quantitative estimate of drug-likeness (QED) is 0.860. The standard InChI is InChI=1S/C14H11FN4S/c15-11-3-1-2-4-13(11)19-14(17)10(7-16)9-5-6-20-8-12(9)18-19/h1-5H,6,8,17H2. The third-order valence-electron chi connectivity index (χ3n) is 3.12. The Kier molecular flexibility index (Phi) is 3.20. The van der Waals surface area contributed by atoms with Gasteiger partial charge in [0.25, 0.3) is 0 Å². The Bertz CT molecular complexity index is 699. The number of allylic oxidation sites excluding steroid dienone is 2. The molecule has 6 heteroatoms. The molecule has 3 rings (SSSR count). The summed E-state index contributed by atoms with van der Waals surface area (Å²) in [5.41, 5.74) is 8.15. The zero-order valence-corrected chi connectivity index (χ0v) is 11.3. The zero-order chi connectivity index (χ0) is 14.1. The summed E-state index contributed by atoms with van der Waals surface area (Å²) in [5.74, 6) is 1.26. The van der Waals surface area contributed by atoms with Crippen molar-refractivity contribution in [1.82, 2.24) is 0 Å². The molecule has 0 saturated carbocycles. The second kappa shape index (κ2) is 5.02. The Labute approximate surface area is 120 Å². The summed E-state index contributed by atoms with van der Waals surface area (Å²) in [7, 11) is 0. The molecule has 0 spiro atoms. The molecule has 0 unspecified atom stereocenters. The molecule has 2 aliphatic rings. The maximum absolute atomic E-state index is 13.9. The highest BCUT2D eigenvalue weighted by Crippen LogP contribution is 2.32. The van der Waals surface area contributed by atoms with E-state index in [4.69, 9.17) is 5.73 Å². The molecule has 1 aromatic carbocycles. The van der Waals surface area contributed by atoms with Crippen molar-refractivity contribution in [3.63, 3.8) is 0 Å². The monoisotopic (exact) mass is 286 g/mol. The van der Waals surface area contributed by atoms with E-state index < -0.39 is 5.82 Å². The van der Waals surface area contributed by atoms with Gasteiger partial charge in [0, 0.05) is 17.1 Å². The maximum atomic E-state index is 13.9. The first-order chi connectivity index (χ1) is 9.72. The number of hydrazone groups is 1. The van der Waals surface area contributed by atoms with Crippen LogP contribution in [0.15, 0.2) is 52.4 Å². The number of hydrogen-bond acceptors (Lipinski definition) is 5. The fraction of sp³-hybridized carbons (Fsp3) is 0.143. The van der Waals surface area contributed by atoms with Crippen LogP contribution in [-0.2, 0) is 0 Å². The van der Waals surface area contributed by atoms with Gasteiger partial charge in [0.05, 0.1) is 5.71 Å². The predicted octanol–water partition coefficient (Wildman–Crippen LogP) is 2.37. The number of benzene rings is 1. The van der Waals surface area contributed by atoms with Gasteiger partial charge in [-0.15, -0.1) is 0 Å². The third-order valence-corrected chi connectivity index (χ3v) is 4.00. The van der Waals surface area contributed by atoms with Gasteiger partial charge >= 0.3 is 0 Å². The van der Waals surface area contributed by atoms with Gasteiger partial charge in [-0.2, -0.15) is 22.1 Å². The number of para-hydroxylation sites is 1. The van der Waals surface area contributed by atoms with Gasteiger partial charge in [-0.1, -0.05) is 18.2 Å². The smallest absolute Gasteiger partial charge is 0.148 e. The average molecular weight is 286 g/mol. The highest BCUT2D eigenvalue weighted by molar-refractivity contribution is 8.00. The van der Waals surface area contributed by atoms with Crippen LogP contribution in [0.2, 0.25) is 0 Å². The lowest BCUT2D eigenvalue weighted by Crippen LogP contribution is -2.33. The Morgan fingerprint density at radius 2 is 2.20 bits per heavy atom. The number of rotatable bonds is 1. The summed E-state index contributed by atoms with van der Waals surface area (Å²) < 4.78 is 13.9. The summed E-state index contributed by atoms with van der Waals surface area (Å²) in [6.45, 7) is 0. The van der Waals surface area contributed by atoms with Crippen molar-refractivity contribution in [1.29, 1.82) is 5.26 Å². The van der Waals surface area contributed by atoms with E-state index in [2.05, 4.69) is 11.2 Å². The van der Waals surface area contributed by atoms with Crippen LogP contribution in [0.3, 0.4) is 0 Å². The van der Waals surface area contributed by atoms with Crippen LogP contribution in [-0.4, -0.2) is 17.2 Å². The normalized spacial score (nSPS) is 18.1. The molecule has 2 N–H and O–H groups in total. The first-order valence-electron chi connectivity index (χ1n) is 6.03. The summed E-state index contributed by atoms with van der Waals surface area (Å²) >= 11 is 1.70. The van der Waals surface area contributed by atoms with Crippen molar-refractivity contribution in [2.24, 2.45) is 10.8 Å². The number of nitrogens with two attached hydrogens (primary N) is 1. The van der Waals surface area contributed by atoms with E-state index in [0.29, 0.717) is 11.3 Å². The largest absolute Gasteiger partial charge is 0.383 e. The number of nitriles is 1. The minimum absolute atomic E-state index is 0.166. The van der Waals surface area contributed by atoms with Crippen molar-refractivity contribution in [2.45, 2.75) is 0 Å². The fourth-order valence-corrected chi connectivity index (χ4v) is 2.97. The molecular weight excluding hydrogens is 275 g/mol. The third kappa shape index (κ3) is 1.96. The number of anilines is 1. The van der Waals surface area contributed by atoms with Gasteiger partial charge < -0.3 is 5.73 Å². The Balaban J connectivity index is 2.16. The van der Waals surface area contributed by atoms with Gasteiger partial charge in [-0.05, 0) is 12.1 Å². The zero-order valence-electron chi connectivity index (χ0n) is 10.5. The summed E-state index contributed by atoms with van der Waals surface area (Å²) in [6.07, 6.45) is 1.94. The van der Waals surface area contributed by atoms with Crippen LogP contribution in [0.1, 0.15) is 0 Å². The van der Waals surface area contributed by atoms with Crippen molar-refractivity contribution in [2.75, 3.05) is 16.5 Å². The van der Waals surface area contributed by atoms with E-state index in [9.17, 15) is 9.65 Å². The van der Waals surface area contributed by atoms with Gasteiger partial charge in [0.1, 0.15) is 29.0 Å². The Hall–Kier alpha value is -2.26. The minimum Gasteiger partial charge on any atom is -0.383 e. The van der Waals surface area contributed by atoms with Crippen LogP contribution in [0, 0.1) is 17.1 Å². The van der Waals surface area contributed by atoms with Crippen molar-refractivity contribution in [3.8, 4) is 6.07 Å². The molecule has 1 aromatic rings. The van der Waals surface area contributed by atoms with Crippen LogP contribution >= 0.6 is 11.8 Å². The molecule has 0 aliphatic carbocycles. The number of fused-ring (bicyclic) bond motifs is 1. The van der Waals surface area contributed by atoms with Crippen LogP contribution in [0.4, 0.5) is 10.1 Å². The lowest BCUT2D eigenvalue weighted by molar-refractivity contribution is 0.623. The molecule has 100 valence electrons. The van der Waals surface area contributed by atoms with Gasteiger partial charge in [0.15, 0.2) is 0 Å². The van der Waals surface area contributed by atoms with E-state index in [-0.39, 0.29) is 11.5 Å². The molecule has 0 amide bonds. The molecule has 20 heavy (non-hydrogen) atoms. The van der Waals surface area contributed by atoms with E-state index >= 15 is 0 Å². The number of nitrogens with zero attached hydrogens (tertiary/aromatic N) is 3. The summed E-state index contributed by atoms with van der Waals surface area (Å²) in [4.78, 5) is 0. The molecule has 0 bridgehead atoms. The van der Waals surface area contributed by atoms with Crippen LogP contribution in [0.25, 0.3) is 0 Å². The summed E-state index contributed by atoms with van der Waals surface area (Å²) in [5, 5.41) is 15.0. The molecule has 2 aliphatic heterocycles. The molecule has 2 heterocycles. The predicted molar refractivity (Wildman–Crippen MR) is 78.5 cm³/mol. The fourth-order valence-electron chi connectivity index (χ4n) is 2.17. The van der Waals surface area contributed by atoms with Crippen LogP contribution in [0.5, 0.6) is 0 Å². The molecule has 0 saturated heterocycles. The Morgan fingerprint density at radius 1 is 1.40 bits per heavy atom. The topological polar surface area (TPSA) is 65.4 Å². The highest BCUT2D eigenvalue weighted by Gasteiger charge is 2.28. The molecule has 4 nitrogen and oxygen atoms in total. The molecule has 0 radical (unpaired) electrons. The summed E-state index contributed by atoms with van der Waals surface area (Å²) in [6, 6.07) is 8.34. The van der Waals surface area contributed by atoms with Crippen molar-refractivity contribution >= 4 is 23.2 Å². The lowest BCUT2D eigenvalue weighted by atomic mass is 10.0. The molecular formula is C14H11FN4S. The van der Waals surface area contributed by atoms with E-state index in [1.807, 2.05) is 6.08 Å². The first-order valence-corrected chi connectivity index (χ1v) is 7.18. The van der Waals surface area contributed by atoms with E-state index in [0.717, 1.165) is 17.0 Å². The number of hydrogen-bond donors (Lipinski definition) is 1. The first kappa shape index (κ1) is 12.8. The number of thioether (sulfide) groups is 1. The van der Waals surface area contributed by atoms with Crippen molar-refractivity contribution in [3.05, 3.63) is 53.1 Å². The Morgan fingerprint density at radius 3 is 2.95 bits per heavy atom. The van der Waals surface area contributed by atoms with Gasteiger partial charge in [-0.3, -0.25) is 0 Å². The van der Waals surface area contributed by atoms with E-state index in [1.54, 1.807) is 30.0 Å². The van der Waals surface area contributed by atoms with Crippen LogP contribution < -0.4 is 10.7 Å². The SMILES string of the molecule is N#CC1=C(N)N(c2ccccc2F)N=C2CSCC=C21. The minimum atomic E-state index is -0.423. The van der Waals surface area contributed by atoms with Crippen molar-refractivity contribution < 1.29 is 4.39 Å². The average Bonchev–Trinajstić information content (AvgIpc) is 2.47. The maximum Gasteiger partial charge on any atom is 0.148 e. The van der Waals surface area contributed by atoms with Gasteiger partial charge in [-0.25, -0.2) is 9.40 Å². The molecule has 0 fully saturated rings. The lowest BCUT2D eigenvalue weighted by Gasteiger charge is -2.29. The second-order valence-corrected chi connectivity index (χ2v) is 5.35. The van der Waals surface area contributed by atoms with Gasteiger partial charge in [0.2, 0.25) is 0 Å². The highest BCUT2D eigenvalue weighted by atomic mass is 32.2. The van der Waals surface area contributed by atoms with E-state index in [1.165, 1.54) is 11.1 Å².